The molecular formula is C17H20O4. The van der Waals surface area contributed by atoms with Crippen LogP contribution in [0.25, 0.3) is 0 Å². The molecule has 0 spiro atoms. The molecule has 0 radical (unpaired) electrons. The largest absolute Gasteiger partial charge is 0.468 e. The second-order valence-electron chi connectivity index (χ2n) is 6.17. The average Bonchev–Trinajstić information content (AvgIpc) is 2.90. The Morgan fingerprint density at radius 1 is 0.952 bits per heavy atom. The normalized spacial score (nSPS) is 25.6. The fourth-order valence-electron chi connectivity index (χ4n) is 4.12. The number of ether oxygens (including phenoxy) is 2. The molecule has 4 nitrogen and oxygen atoms in total. The summed E-state index contributed by atoms with van der Waals surface area (Å²) in [5.74, 6) is -0.211. The van der Waals surface area contributed by atoms with Crippen LogP contribution in [-0.4, -0.2) is 26.2 Å². The topological polar surface area (TPSA) is 52.6 Å². The van der Waals surface area contributed by atoms with Crippen molar-refractivity contribution in [3.63, 3.8) is 0 Å². The Morgan fingerprint density at radius 3 is 1.76 bits per heavy atom. The summed E-state index contributed by atoms with van der Waals surface area (Å²) < 4.78 is 9.81. The number of carbonyl (C=O) groups excluding carboxylic acids is 2. The van der Waals surface area contributed by atoms with Gasteiger partial charge in [0, 0.05) is 0 Å². The zero-order chi connectivity index (χ0) is 15.0. The van der Waals surface area contributed by atoms with Crippen molar-refractivity contribution < 1.29 is 19.1 Å². The van der Waals surface area contributed by atoms with E-state index in [1.54, 1.807) is 0 Å². The molecule has 4 heteroatoms. The van der Waals surface area contributed by atoms with E-state index in [1.807, 2.05) is 12.1 Å². The minimum Gasteiger partial charge on any atom is -0.468 e. The molecule has 0 heterocycles. The molecular weight excluding hydrogens is 268 g/mol. The van der Waals surface area contributed by atoms with Crippen molar-refractivity contribution in [2.45, 2.75) is 25.7 Å². The lowest BCUT2D eigenvalue weighted by atomic mass is 9.78. The van der Waals surface area contributed by atoms with E-state index in [2.05, 4.69) is 12.1 Å². The van der Waals surface area contributed by atoms with Crippen LogP contribution in [0.3, 0.4) is 0 Å². The van der Waals surface area contributed by atoms with Crippen molar-refractivity contribution in [3.8, 4) is 0 Å². The molecule has 2 aliphatic carbocycles. The van der Waals surface area contributed by atoms with E-state index in [-0.39, 0.29) is 0 Å². The van der Waals surface area contributed by atoms with E-state index in [9.17, 15) is 9.59 Å². The van der Waals surface area contributed by atoms with Crippen molar-refractivity contribution in [2.24, 2.45) is 17.3 Å². The molecule has 1 saturated carbocycles. The molecule has 0 N–H and O–H groups in total. The average molecular weight is 288 g/mol. The van der Waals surface area contributed by atoms with Crippen LogP contribution in [0, 0.1) is 17.3 Å². The zero-order valence-electron chi connectivity index (χ0n) is 12.4. The molecule has 21 heavy (non-hydrogen) atoms. The number of hydrogen-bond donors (Lipinski definition) is 0. The fourth-order valence-corrected chi connectivity index (χ4v) is 4.12. The van der Waals surface area contributed by atoms with Crippen molar-refractivity contribution in [3.05, 3.63) is 35.4 Å². The number of hydrogen-bond acceptors (Lipinski definition) is 4. The van der Waals surface area contributed by atoms with Gasteiger partial charge in [-0.15, -0.1) is 0 Å². The van der Waals surface area contributed by atoms with E-state index < -0.39 is 17.4 Å². The van der Waals surface area contributed by atoms with Crippen LogP contribution in [0.5, 0.6) is 0 Å². The van der Waals surface area contributed by atoms with Crippen LogP contribution in [0.2, 0.25) is 0 Å². The van der Waals surface area contributed by atoms with Gasteiger partial charge in [-0.3, -0.25) is 9.59 Å². The molecule has 1 aromatic rings. The Morgan fingerprint density at radius 2 is 1.38 bits per heavy atom. The number of fused-ring (bicyclic) bond motifs is 2. The summed E-state index contributed by atoms with van der Waals surface area (Å²) in [6.07, 6.45) is 2.92. The third kappa shape index (κ3) is 2.13. The van der Waals surface area contributed by atoms with Gasteiger partial charge >= 0.3 is 11.9 Å². The highest BCUT2D eigenvalue weighted by atomic mass is 16.5. The van der Waals surface area contributed by atoms with E-state index in [0.29, 0.717) is 24.7 Å². The van der Waals surface area contributed by atoms with E-state index in [4.69, 9.17) is 9.47 Å². The second kappa shape index (κ2) is 5.17. The highest BCUT2D eigenvalue weighted by Crippen LogP contribution is 2.51. The number of carbonyl (C=O) groups is 2. The molecule has 2 aliphatic rings. The first-order valence-electron chi connectivity index (χ1n) is 7.34. The molecule has 0 bridgehead atoms. The number of benzene rings is 1. The third-order valence-electron chi connectivity index (χ3n) is 5.12. The van der Waals surface area contributed by atoms with Gasteiger partial charge in [-0.2, -0.15) is 0 Å². The Labute approximate surface area is 124 Å². The van der Waals surface area contributed by atoms with E-state index in [1.165, 1.54) is 25.3 Å². The molecule has 0 amide bonds. The summed E-state index contributed by atoms with van der Waals surface area (Å²) >= 11 is 0. The van der Waals surface area contributed by atoms with Gasteiger partial charge in [-0.05, 0) is 48.6 Å². The summed E-state index contributed by atoms with van der Waals surface area (Å²) in [6, 6.07) is 8.37. The van der Waals surface area contributed by atoms with Crippen LogP contribution in [-0.2, 0) is 31.9 Å². The highest BCUT2D eigenvalue weighted by molar-refractivity contribution is 6.00. The Bertz CT molecular complexity index is 527. The van der Waals surface area contributed by atoms with E-state index in [0.717, 1.165) is 12.8 Å². The maximum atomic E-state index is 12.2. The Kier molecular flexibility index (Phi) is 3.47. The standard InChI is InChI=1S/C17H20O4/c1-20-15(18)17(16(19)21-2)9-13-7-11-5-3-4-6-12(11)8-14(13)10-17/h3-6,13-14H,7-10H2,1-2H3. The monoisotopic (exact) mass is 288 g/mol. The summed E-state index contributed by atoms with van der Waals surface area (Å²) in [5, 5.41) is 0. The molecule has 3 rings (SSSR count). The summed E-state index contributed by atoms with van der Waals surface area (Å²) in [5.41, 5.74) is 1.56. The number of methoxy groups -OCH3 is 2. The molecule has 0 saturated heterocycles. The fraction of sp³-hybridized carbons (Fsp3) is 0.529. The summed E-state index contributed by atoms with van der Waals surface area (Å²) in [4.78, 5) is 24.5. The molecule has 2 atom stereocenters. The van der Waals surface area contributed by atoms with Gasteiger partial charge in [0.2, 0.25) is 0 Å². The van der Waals surface area contributed by atoms with Crippen LogP contribution in [0.4, 0.5) is 0 Å². The van der Waals surface area contributed by atoms with Crippen LogP contribution in [0.1, 0.15) is 24.0 Å². The molecule has 112 valence electrons. The van der Waals surface area contributed by atoms with Gasteiger partial charge in [0.25, 0.3) is 0 Å². The molecule has 0 aromatic heterocycles. The van der Waals surface area contributed by atoms with Gasteiger partial charge < -0.3 is 9.47 Å². The lowest BCUT2D eigenvalue weighted by Crippen LogP contribution is -2.39. The van der Waals surface area contributed by atoms with Crippen LogP contribution in [0.15, 0.2) is 24.3 Å². The predicted molar refractivity (Wildman–Crippen MR) is 76.5 cm³/mol. The Balaban J connectivity index is 1.91. The van der Waals surface area contributed by atoms with Crippen LogP contribution < -0.4 is 0 Å². The van der Waals surface area contributed by atoms with E-state index >= 15 is 0 Å². The minimum absolute atomic E-state index is 0.345. The maximum absolute atomic E-state index is 12.2. The highest BCUT2D eigenvalue weighted by Gasteiger charge is 2.57. The van der Waals surface area contributed by atoms with Crippen molar-refractivity contribution >= 4 is 11.9 Å². The first kappa shape index (κ1) is 14.1. The minimum atomic E-state index is -1.11. The smallest absolute Gasteiger partial charge is 0.323 e. The number of rotatable bonds is 2. The SMILES string of the molecule is COC(=O)C1(C(=O)OC)CC2Cc3ccccc3CC2C1. The first-order chi connectivity index (χ1) is 10.1. The van der Waals surface area contributed by atoms with Gasteiger partial charge in [0.15, 0.2) is 5.41 Å². The van der Waals surface area contributed by atoms with Gasteiger partial charge in [0.05, 0.1) is 14.2 Å². The molecule has 1 aromatic carbocycles. The molecule has 2 unspecified atom stereocenters. The second-order valence-corrected chi connectivity index (χ2v) is 6.17. The quantitative estimate of drug-likeness (QED) is 0.618. The van der Waals surface area contributed by atoms with Crippen molar-refractivity contribution in [2.75, 3.05) is 14.2 Å². The van der Waals surface area contributed by atoms with Gasteiger partial charge in [0.1, 0.15) is 0 Å². The molecule has 1 fully saturated rings. The van der Waals surface area contributed by atoms with Crippen molar-refractivity contribution in [1.29, 1.82) is 0 Å². The Hall–Kier alpha value is -1.84. The summed E-state index contributed by atoms with van der Waals surface area (Å²) in [7, 11) is 2.67. The van der Waals surface area contributed by atoms with Gasteiger partial charge in [-0.25, -0.2) is 0 Å². The third-order valence-corrected chi connectivity index (χ3v) is 5.12. The van der Waals surface area contributed by atoms with Crippen molar-refractivity contribution in [1.82, 2.24) is 0 Å². The maximum Gasteiger partial charge on any atom is 0.323 e. The summed E-state index contributed by atoms with van der Waals surface area (Å²) in [6.45, 7) is 0. The molecule has 0 aliphatic heterocycles. The predicted octanol–water partition coefficient (Wildman–Crippen LogP) is 2.14. The number of esters is 2. The lowest BCUT2D eigenvalue weighted by molar-refractivity contribution is -0.169. The first-order valence-corrected chi connectivity index (χ1v) is 7.34. The lowest BCUT2D eigenvalue weighted by Gasteiger charge is -2.27. The zero-order valence-corrected chi connectivity index (χ0v) is 12.4. The van der Waals surface area contributed by atoms with Gasteiger partial charge in [-0.1, -0.05) is 24.3 Å². The van der Waals surface area contributed by atoms with Crippen LogP contribution >= 0.6 is 0 Å².